The van der Waals surface area contributed by atoms with Crippen molar-refractivity contribution < 1.29 is 4.39 Å². The highest BCUT2D eigenvalue weighted by atomic mass is 32.2. The molecule has 0 amide bonds. The lowest BCUT2D eigenvalue weighted by atomic mass is 9.98. The van der Waals surface area contributed by atoms with E-state index < -0.39 is 0 Å². The topological polar surface area (TPSA) is 15.3 Å². The van der Waals surface area contributed by atoms with Crippen LogP contribution in [0.25, 0.3) is 0 Å². The van der Waals surface area contributed by atoms with Crippen LogP contribution >= 0.6 is 11.8 Å². The van der Waals surface area contributed by atoms with E-state index in [-0.39, 0.29) is 5.82 Å². The van der Waals surface area contributed by atoms with Crippen LogP contribution in [0.15, 0.2) is 24.3 Å². The molecule has 1 aliphatic heterocycles. The van der Waals surface area contributed by atoms with Crippen molar-refractivity contribution in [1.82, 2.24) is 10.2 Å². The summed E-state index contributed by atoms with van der Waals surface area (Å²) in [6.45, 7) is 4.29. The highest BCUT2D eigenvalue weighted by molar-refractivity contribution is 7.99. The van der Waals surface area contributed by atoms with E-state index in [1.165, 1.54) is 5.75 Å². The molecule has 0 aliphatic carbocycles. The van der Waals surface area contributed by atoms with Gasteiger partial charge in [0, 0.05) is 30.1 Å². The molecule has 1 aromatic rings. The number of halogens is 1. The van der Waals surface area contributed by atoms with E-state index in [0.29, 0.717) is 12.1 Å². The van der Waals surface area contributed by atoms with Crippen LogP contribution in [0.4, 0.5) is 4.39 Å². The lowest BCUT2D eigenvalue weighted by molar-refractivity contribution is 0.213. The second kappa shape index (κ2) is 8.01. The van der Waals surface area contributed by atoms with Crippen molar-refractivity contribution in [3.05, 3.63) is 35.6 Å². The summed E-state index contributed by atoms with van der Waals surface area (Å²) in [7, 11) is 2.19. The maximum atomic E-state index is 13.9. The van der Waals surface area contributed by atoms with Gasteiger partial charge >= 0.3 is 0 Å². The third kappa shape index (κ3) is 4.21. The third-order valence-electron chi connectivity index (χ3n) is 3.96. The van der Waals surface area contributed by atoms with Gasteiger partial charge in [0.15, 0.2) is 0 Å². The first kappa shape index (κ1) is 15.8. The van der Waals surface area contributed by atoms with Gasteiger partial charge < -0.3 is 10.2 Å². The van der Waals surface area contributed by atoms with Crippen LogP contribution in [-0.4, -0.2) is 48.6 Å². The molecule has 112 valence electrons. The Morgan fingerprint density at radius 2 is 2.25 bits per heavy atom. The molecule has 2 unspecified atom stereocenters. The first-order valence-corrected chi connectivity index (χ1v) is 8.62. The molecule has 4 heteroatoms. The standard InChI is InChI=1S/C16H25FN2S/c1-3-8-18-15(16-12-20-10-9-19(16)2)11-13-6-4-5-7-14(13)17/h4-7,15-16,18H,3,8-12H2,1-2H3. The van der Waals surface area contributed by atoms with Crippen LogP contribution in [0, 0.1) is 5.82 Å². The number of thioether (sulfide) groups is 1. The molecule has 1 aliphatic rings. The van der Waals surface area contributed by atoms with Gasteiger partial charge in [-0.15, -0.1) is 0 Å². The van der Waals surface area contributed by atoms with E-state index in [4.69, 9.17) is 0 Å². The largest absolute Gasteiger partial charge is 0.312 e. The Hall–Kier alpha value is -0.580. The van der Waals surface area contributed by atoms with Crippen LogP contribution < -0.4 is 5.32 Å². The molecule has 1 fully saturated rings. The summed E-state index contributed by atoms with van der Waals surface area (Å²) < 4.78 is 13.9. The normalized spacial score (nSPS) is 21.9. The monoisotopic (exact) mass is 296 g/mol. The number of nitrogens with zero attached hydrogens (tertiary/aromatic N) is 1. The van der Waals surface area contributed by atoms with Gasteiger partial charge in [-0.25, -0.2) is 4.39 Å². The van der Waals surface area contributed by atoms with E-state index >= 15 is 0 Å². The Morgan fingerprint density at radius 1 is 1.45 bits per heavy atom. The lowest BCUT2D eigenvalue weighted by Crippen LogP contribution is -2.53. The minimum Gasteiger partial charge on any atom is -0.312 e. The predicted octanol–water partition coefficient (Wildman–Crippen LogP) is 2.78. The molecule has 1 saturated heterocycles. The molecule has 1 heterocycles. The van der Waals surface area contributed by atoms with Gasteiger partial charge in [-0.2, -0.15) is 11.8 Å². The fraction of sp³-hybridized carbons (Fsp3) is 0.625. The molecular weight excluding hydrogens is 271 g/mol. The second-order valence-corrected chi connectivity index (χ2v) is 6.63. The van der Waals surface area contributed by atoms with Crippen molar-refractivity contribution in [1.29, 1.82) is 0 Å². The summed E-state index contributed by atoms with van der Waals surface area (Å²) in [5.74, 6) is 2.25. The number of nitrogens with one attached hydrogen (secondary N) is 1. The molecule has 1 N–H and O–H groups in total. The maximum Gasteiger partial charge on any atom is 0.126 e. The van der Waals surface area contributed by atoms with Crippen LogP contribution in [0.3, 0.4) is 0 Å². The third-order valence-corrected chi connectivity index (χ3v) is 5.01. The van der Waals surface area contributed by atoms with Gasteiger partial charge in [-0.3, -0.25) is 0 Å². The van der Waals surface area contributed by atoms with Gasteiger partial charge in [0.25, 0.3) is 0 Å². The molecule has 0 bridgehead atoms. The Morgan fingerprint density at radius 3 is 2.95 bits per heavy atom. The molecule has 1 aromatic carbocycles. The summed E-state index contributed by atoms with van der Waals surface area (Å²) in [6.07, 6.45) is 1.87. The average molecular weight is 296 g/mol. The Bertz CT molecular complexity index is 413. The first-order chi connectivity index (χ1) is 9.72. The predicted molar refractivity (Wildman–Crippen MR) is 85.9 cm³/mol. The highest BCUT2D eigenvalue weighted by Crippen LogP contribution is 2.20. The molecule has 2 rings (SSSR count). The van der Waals surface area contributed by atoms with Gasteiger partial charge in [0.1, 0.15) is 5.82 Å². The second-order valence-electron chi connectivity index (χ2n) is 5.48. The van der Waals surface area contributed by atoms with Crippen molar-refractivity contribution in [2.75, 3.05) is 31.6 Å². The lowest BCUT2D eigenvalue weighted by Gasteiger charge is -2.38. The Labute approximate surface area is 126 Å². The number of hydrogen-bond donors (Lipinski definition) is 1. The number of likely N-dealkylation sites (N-methyl/N-ethyl adjacent to an activating group) is 1. The molecule has 0 saturated carbocycles. The first-order valence-electron chi connectivity index (χ1n) is 7.47. The van der Waals surface area contributed by atoms with Crippen LogP contribution in [0.2, 0.25) is 0 Å². The summed E-state index contributed by atoms with van der Waals surface area (Å²) in [5.41, 5.74) is 0.824. The minimum atomic E-state index is -0.0816. The van der Waals surface area contributed by atoms with Gasteiger partial charge in [-0.1, -0.05) is 25.1 Å². The number of rotatable bonds is 6. The van der Waals surface area contributed by atoms with Gasteiger partial charge in [0.2, 0.25) is 0 Å². The number of benzene rings is 1. The van der Waals surface area contributed by atoms with E-state index in [2.05, 4.69) is 24.2 Å². The average Bonchev–Trinajstić information content (AvgIpc) is 2.46. The van der Waals surface area contributed by atoms with E-state index in [0.717, 1.165) is 37.2 Å². The van der Waals surface area contributed by atoms with Crippen LogP contribution in [0.5, 0.6) is 0 Å². The van der Waals surface area contributed by atoms with E-state index in [1.807, 2.05) is 23.9 Å². The van der Waals surface area contributed by atoms with Gasteiger partial charge in [0.05, 0.1) is 0 Å². The summed E-state index contributed by atoms with van der Waals surface area (Å²) in [5, 5.41) is 3.62. The number of hydrogen-bond acceptors (Lipinski definition) is 3. The van der Waals surface area contributed by atoms with Gasteiger partial charge in [-0.05, 0) is 38.1 Å². The van der Waals surface area contributed by atoms with Crippen molar-refractivity contribution in [2.45, 2.75) is 31.8 Å². The fourth-order valence-electron chi connectivity index (χ4n) is 2.70. The Kier molecular flexibility index (Phi) is 6.33. The molecule has 0 aromatic heterocycles. The SMILES string of the molecule is CCCNC(Cc1ccccc1F)C1CSCCN1C. The highest BCUT2D eigenvalue weighted by Gasteiger charge is 2.28. The zero-order valence-electron chi connectivity index (χ0n) is 12.4. The van der Waals surface area contributed by atoms with E-state index in [1.54, 1.807) is 12.1 Å². The zero-order chi connectivity index (χ0) is 14.4. The summed E-state index contributed by atoms with van der Waals surface area (Å²) >= 11 is 2.01. The molecular formula is C16H25FN2S. The summed E-state index contributed by atoms with van der Waals surface area (Å²) in [6, 6.07) is 7.96. The molecule has 20 heavy (non-hydrogen) atoms. The van der Waals surface area contributed by atoms with Crippen LogP contribution in [-0.2, 0) is 6.42 Å². The summed E-state index contributed by atoms with van der Waals surface area (Å²) in [4.78, 5) is 2.42. The Balaban J connectivity index is 2.08. The smallest absolute Gasteiger partial charge is 0.126 e. The van der Waals surface area contributed by atoms with Crippen LogP contribution in [0.1, 0.15) is 18.9 Å². The molecule has 2 atom stereocenters. The van der Waals surface area contributed by atoms with Crippen molar-refractivity contribution >= 4 is 11.8 Å². The van der Waals surface area contributed by atoms with Crippen molar-refractivity contribution in [3.8, 4) is 0 Å². The minimum absolute atomic E-state index is 0.0816. The zero-order valence-corrected chi connectivity index (χ0v) is 13.3. The quantitative estimate of drug-likeness (QED) is 0.869. The molecule has 0 radical (unpaired) electrons. The molecule has 0 spiro atoms. The van der Waals surface area contributed by atoms with Crippen molar-refractivity contribution in [3.63, 3.8) is 0 Å². The molecule has 2 nitrogen and oxygen atoms in total. The van der Waals surface area contributed by atoms with E-state index in [9.17, 15) is 4.39 Å². The van der Waals surface area contributed by atoms with Crippen molar-refractivity contribution in [2.24, 2.45) is 0 Å². The fourth-order valence-corrected chi connectivity index (χ4v) is 4.02. The maximum absolute atomic E-state index is 13.9.